The summed E-state index contributed by atoms with van der Waals surface area (Å²) in [4.78, 5) is 11.2. The maximum Gasteiger partial charge on any atom is 0.495 e. The lowest BCUT2D eigenvalue weighted by atomic mass is 9.76. The Kier molecular flexibility index (Phi) is 3.65. The van der Waals surface area contributed by atoms with Crippen LogP contribution >= 0.6 is 0 Å². The van der Waals surface area contributed by atoms with Crippen LogP contribution in [0.2, 0.25) is 0 Å². The Morgan fingerprint density at radius 1 is 1.20 bits per heavy atom. The van der Waals surface area contributed by atoms with Gasteiger partial charge in [-0.2, -0.15) is 0 Å². The molecule has 0 spiro atoms. The summed E-state index contributed by atoms with van der Waals surface area (Å²) in [6.07, 6.45) is 0.641. The average molecular weight is 280 g/mol. The molecule has 6 heteroatoms. The van der Waals surface area contributed by atoms with Gasteiger partial charge in [0.25, 0.3) is 0 Å². The molecule has 1 aromatic carbocycles. The van der Waals surface area contributed by atoms with E-state index >= 15 is 0 Å². The van der Waals surface area contributed by atoms with E-state index in [0.29, 0.717) is 17.3 Å². The summed E-state index contributed by atoms with van der Waals surface area (Å²) in [7, 11) is 0.571. The molecule has 1 heterocycles. The molecular formula is C14H18BFO4. The summed E-state index contributed by atoms with van der Waals surface area (Å²) in [5.74, 6) is -0.532. The van der Waals surface area contributed by atoms with Crippen molar-refractivity contribution < 1.29 is 23.2 Å². The van der Waals surface area contributed by atoms with Crippen molar-refractivity contribution in [2.45, 2.75) is 38.9 Å². The highest BCUT2D eigenvalue weighted by Gasteiger charge is 2.52. The van der Waals surface area contributed by atoms with Gasteiger partial charge in [-0.25, -0.2) is 4.39 Å². The second-order valence-electron chi connectivity index (χ2n) is 5.82. The van der Waals surface area contributed by atoms with Crippen LogP contribution in [-0.2, 0) is 9.31 Å². The summed E-state index contributed by atoms with van der Waals surface area (Å²) in [6, 6.07) is 2.58. The lowest BCUT2D eigenvalue weighted by molar-refractivity contribution is 0.00578. The lowest BCUT2D eigenvalue weighted by Crippen LogP contribution is -2.41. The molecule has 1 aliphatic heterocycles. The van der Waals surface area contributed by atoms with Gasteiger partial charge in [-0.1, -0.05) is 0 Å². The van der Waals surface area contributed by atoms with Crippen LogP contribution in [-0.4, -0.2) is 31.7 Å². The van der Waals surface area contributed by atoms with Gasteiger partial charge in [0.2, 0.25) is 0 Å². The molecule has 20 heavy (non-hydrogen) atoms. The third kappa shape index (κ3) is 2.34. The van der Waals surface area contributed by atoms with Gasteiger partial charge in [0.1, 0.15) is 6.29 Å². The molecule has 0 unspecified atom stereocenters. The number of ether oxygens (including phenoxy) is 1. The summed E-state index contributed by atoms with van der Waals surface area (Å²) in [5, 5.41) is 0. The Hall–Kier alpha value is -1.40. The first-order valence-corrected chi connectivity index (χ1v) is 6.40. The molecule has 0 aromatic heterocycles. The lowest BCUT2D eigenvalue weighted by Gasteiger charge is -2.32. The van der Waals surface area contributed by atoms with Crippen molar-refractivity contribution in [3.05, 3.63) is 23.5 Å². The van der Waals surface area contributed by atoms with Crippen molar-refractivity contribution in [2.75, 3.05) is 7.11 Å². The molecule has 0 bridgehead atoms. The Bertz CT molecular complexity index is 526. The molecule has 1 aromatic rings. The molecule has 0 atom stereocenters. The fourth-order valence-corrected chi connectivity index (χ4v) is 2.02. The fourth-order valence-electron chi connectivity index (χ4n) is 2.02. The molecule has 108 valence electrons. The Morgan fingerprint density at radius 3 is 2.20 bits per heavy atom. The maximum atomic E-state index is 13.9. The molecule has 0 radical (unpaired) electrons. The van der Waals surface area contributed by atoms with Crippen LogP contribution in [0.25, 0.3) is 0 Å². The number of hydrogen-bond donors (Lipinski definition) is 0. The number of benzene rings is 1. The highest BCUT2D eigenvalue weighted by Crippen LogP contribution is 2.36. The van der Waals surface area contributed by atoms with Gasteiger partial charge in [-0.15, -0.1) is 0 Å². The topological polar surface area (TPSA) is 44.8 Å². The molecule has 0 amide bonds. The number of rotatable bonds is 3. The van der Waals surface area contributed by atoms with E-state index in [0.717, 1.165) is 0 Å². The zero-order chi connectivity index (χ0) is 15.1. The Balaban J connectivity index is 2.44. The minimum atomic E-state index is -0.777. The monoisotopic (exact) mass is 280 g/mol. The first-order valence-electron chi connectivity index (χ1n) is 6.40. The first kappa shape index (κ1) is 15.0. The molecule has 2 rings (SSSR count). The van der Waals surface area contributed by atoms with E-state index in [1.807, 2.05) is 27.7 Å². The average Bonchev–Trinajstić information content (AvgIpc) is 2.58. The van der Waals surface area contributed by atoms with Crippen LogP contribution in [0.4, 0.5) is 4.39 Å². The fraction of sp³-hybridized carbons (Fsp3) is 0.500. The van der Waals surface area contributed by atoms with Gasteiger partial charge in [-0.3, -0.25) is 4.79 Å². The van der Waals surface area contributed by atoms with Crippen LogP contribution in [0.5, 0.6) is 5.75 Å². The highest BCUT2D eigenvalue weighted by atomic mass is 19.1. The smallest absolute Gasteiger partial charge is 0.494 e. The number of halogens is 1. The zero-order valence-electron chi connectivity index (χ0n) is 12.3. The van der Waals surface area contributed by atoms with Gasteiger partial charge in [0.05, 0.1) is 18.3 Å². The van der Waals surface area contributed by atoms with Crippen molar-refractivity contribution in [3.63, 3.8) is 0 Å². The summed E-state index contributed by atoms with van der Waals surface area (Å²) in [5.41, 5.74) is -0.429. The normalized spacial score (nSPS) is 20.0. The number of hydrogen-bond acceptors (Lipinski definition) is 4. The number of carbonyl (C=O) groups excluding carboxylic acids is 1. The van der Waals surface area contributed by atoms with Crippen molar-refractivity contribution in [2.24, 2.45) is 0 Å². The van der Waals surface area contributed by atoms with Crippen molar-refractivity contribution in [1.29, 1.82) is 0 Å². The zero-order valence-corrected chi connectivity index (χ0v) is 12.3. The number of aldehydes is 1. The molecule has 1 aliphatic rings. The van der Waals surface area contributed by atoms with E-state index in [4.69, 9.17) is 14.0 Å². The van der Waals surface area contributed by atoms with Crippen LogP contribution < -0.4 is 10.2 Å². The van der Waals surface area contributed by atoms with Crippen LogP contribution in [0, 0.1) is 5.82 Å². The summed E-state index contributed by atoms with van der Waals surface area (Å²) < 4.78 is 30.4. The van der Waals surface area contributed by atoms with Gasteiger partial charge in [0, 0.05) is 5.56 Å². The van der Waals surface area contributed by atoms with E-state index in [1.54, 1.807) is 0 Å². The highest BCUT2D eigenvalue weighted by molar-refractivity contribution is 6.63. The van der Waals surface area contributed by atoms with Gasteiger partial charge in [-0.05, 0) is 45.3 Å². The van der Waals surface area contributed by atoms with Crippen molar-refractivity contribution >= 4 is 18.9 Å². The minimum Gasteiger partial charge on any atom is -0.494 e. The molecule has 1 saturated heterocycles. The molecule has 0 N–H and O–H groups in total. The molecule has 0 saturated carbocycles. The van der Waals surface area contributed by atoms with Gasteiger partial charge in [0.15, 0.2) is 11.6 Å². The van der Waals surface area contributed by atoms with E-state index in [-0.39, 0.29) is 5.75 Å². The predicted octanol–water partition coefficient (Wildman–Crippen LogP) is 1.95. The quantitative estimate of drug-likeness (QED) is 0.627. The van der Waals surface area contributed by atoms with E-state index < -0.39 is 24.1 Å². The summed E-state index contributed by atoms with van der Waals surface area (Å²) in [6.45, 7) is 7.59. The van der Waals surface area contributed by atoms with Gasteiger partial charge >= 0.3 is 7.12 Å². The summed E-state index contributed by atoms with van der Waals surface area (Å²) >= 11 is 0. The predicted molar refractivity (Wildman–Crippen MR) is 74.1 cm³/mol. The molecule has 1 fully saturated rings. The third-order valence-electron chi connectivity index (χ3n) is 3.99. The third-order valence-corrected chi connectivity index (χ3v) is 3.99. The molecular weight excluding hydrogens is 262 g/mol. The Labute approximate surface area is 118 Å². The Morgan fingerprint density at radius 2 is 1.75 bits per heavy atom. The van der Waals surface area contributed by atoms with Crippen LogP contribution in [0.3, 0.4) is 0 Å². The second kappa shape index (κ2) is 4.86. The second-order valence-corrected chi connectivity index (χ2v) is 5.82. The van der Waals surface area contributed by atoms with Crippen molar-refractivity contribution in [3.8, 4) is 5.75 Å². The van der Waals surface area contributed by atoms with E-state index in [2.05, 4.69) is 0 Å². The number of carbonyl (C=O) groups is 1. The molecule has 4 nitrogen and oxygen atoms in total. The van der Waals surface area contributed by atoms with Crippen LogP contribution in [0.1, 0.15) is 38.1 Å². The number of methoxy groups -OCH3 is 1. The SMILES string of the molecule is COc1cc(C=O)c(B2OC(C)(C)C(C)(C)O2)cc1F. The standard InChI is InChI=1S/C14H18BFO4/c1-13(2)14(3,4)20-15(19-13)10-7-11(16)12(18-5)6-9(10)8-17/h6-8H,1-5H3. The van der Waals surface area contributed by atoms with E-state index in [1.165, 1.54) is 19.2 Å². The van der Waals surface area contributed by atoms with Gasteiger partial charge < -0.3 is 14.0 Å². The van der Waals surface area contributed by atoms with Crippen LogP contribution in [0.15, 0.2) is 12.1 Å². The largest absolute Gasteiger partial charge is 0.495 e. The van der Waals surface area contributed by atoms with Crippen molar-refractivity contribution in [1.82, 2.24) is 0 Å². The van der Waals surface area contributed by atoms with E-state index in [9.17, 15) is 9.18 Å². The molecule has 0 aliphatic carbocycles. The minimum absolute atomic E-state index is 0.0207. The first-order chi connectivity index (χ1) is 9.21. The maximum absolute atomic E-state index is 13.9.